The molecule has 0 aromatic carbocycles. The topological polar surface area (TPSA) is 91.7 Å². The number of aryl methyl sites for hydroxylation is 2. The van der Waals surface area contributed by atoms with E-state index in [4.69, 9.17) is 22.1 Å². The van der Waals surface area contributed by atoms with Gasteiger partial charge in [-0.1, -0.05) is 0 Å². The Labute approximate surface area is 103 Å². The van der Waals surface area contributed by atoms with Crippen LogP contribution in [-0.4, -0.2) is 24.7 Å². The molecule has 2 aromatic heterocycles. The molecule has 17 heavy (non-hydrogen) atoms. The van der Waals surface area contributed by atoms with Crippen LogP contribution in [0.25, 0.3) is 0 Å². The summed E-state index contributed by atoms with van der Waals surface area (Å²) in [5.74, 6) is 0.605. The van der Waals surface area contributed by atoms with Gasteiger partial charge in [-0.3, -0.25) is 4.68 Å². The molecule has 0 unspecified atom stereocenters. The number of anilines is 1. The molecule has 0 atom stereocenters. The van der Waals surface area contributed by atoms with Crippen LogP contribution in [0.15, 0.2) is 0 Å². The first-order chi connectivity index (χ1) is 7.97. The molecular formula is C9H11ClN6O. The molecule has 0 spiro atoms. The van der Waals surface area contributed by atoms with Gasteiger partial charge in [-0.25, -0.2) is 0 Å². The molecule has 8 heteroatoms. The molecule has 2 N–H and O–H groups in total. The Morgan fingerprint density at radius 3 is 2.47 bits per heavy atom. The molecule has 0 fully saturated rings. The fourth-order valence-electron chi connectivity index (χ4n) is 1.39. The number of hydrogen-bond donors (Lipinski definition) is 1. The zero-order valence-electron chi connectivity index (χ0n) is 9.60. The van der Waals surface area contributed by atoms with Crippen LogP contribution in [0.1, 0.15) is 11.4 Å². The molecule has 0 aliphatic rings. The lowest BCUT2D eigenvalue weighted by Gasteiger charge is -2.04. The molecule has 0 aliphatic heterocycles. The van der Waals surface area contributed by atoms with Gasteiger partial charge in [0, 0.05) is 7.05 Å². The number of ether oxygens (including phenoxy) is 1. The highest BCUT2D eigenvalue weighted by atomic mass is 35.5. The van der Waals surface area contributed by atoms with Gasteiger partial charge < -0.3 is 10.5 Å². The van der Waals surface area contributed by atoms with E-state index in [1.165, 1.54) is 0 Å². The zero-order chi connectivity index (χ0) is 12.6. The van der Waals surface area contributed by atoms with Gasteiger partial charge >= 0.3 is 6.01 Å². The van der Waals surface area contributed by atoms with Gasteiger partial charge in [0.1, 0.15) is 5.69 Å². The third kappa shape index (κ3) is 2.28. The quantitative estimate of drug-likeness (QED) is 0.867. The molecule has 0 radical (unpaired) electrons. The van der Waals surface area contributed by atoms with Crippen LogP contribution in [0.5, 0.6) is 11.8 Å². The van der Waals surface area contributed by atoms with E-state index in [9.17, 15) is 0 Å². The summed E-state index contributed by atoms with van der Waals surface area (Å²) in [5.41, 5.74) is 7.04. The molecule has 2 heterocycles. The maximum absolute atomic E-state index is 5.66. The molecule has 7 nitrogen and oxygen atoms in total. The van der Waals surface area contributed by atoms with Crippen LogP contribution in [-0.2, 0) is 7.05 Å². The largest absolute Gasteiger partial charge is 0.420 e. The summed E-state index contributed by atoms with van der Waals surface area (Å²) in [7, 11) is 1.82. The van der Waals surface area contributed by atoms with E-state index in [-0.39, 0.29) is 17.2 Å². The van der Waals surface area contributed by atoms with Crippen molar-refractivity contribution in [3.8, 4) is 11.8 Å². The van der Waals surface area contributed by atoms with Crippen molar-refractivity contribution in [2.24, 2.45) is 7.05 Å². The SMILES string of the molecule is Cc1nn(C)c(C)c1Oc1nc(N)nc(Cl)n1. The van der Waals surface area contributed by atoms with Gasteiger partial charge in [0.05, 0.1) is 5.69 Å². The average Bonchev–Trinajstić information content (AvgIpc) is 2.44. The minimum absolute atomic E-state index is 0.00769. The first-order valence-corrected chi connectivity index (χ1v) is 5.20. The van der Waals surface area contributed by atoms with Crippen LogP contribution >= 0.6 is 11.6 Å². The van der Waals surface area contributed by atoms with E-state index in [0.29, 0.717) is 5.75 Å². The number of rotatable bonds is 2. The van der Waals surface area contributed by atoms with Crippen LogP contribution in [0.3, 0.4) is 0 Å². The summed E-state index contributed by atoms with van der Waals surface area (Å²) in [6, 6.07) is 0.0571. The van der Waals surface area contributed by atoms with Crippen molar-refractivity contribution in [3.63, 3.8) is 0 Å². The Kier molecular flexibility index (Phi) is 2.84. The van der Waals surface area contributed by atoms with Gasteiger partial charge in [0.25, 0.3) is 0 Å². The molecule has 0 aliphatic carbocycles. The highest BCUT2D eigenvalue weighted by Crippen LogP contribution is 2.26. The fraction of sp³-hybridized carbons (Fsp3) is 0.333. The van der Waals surface area contributed by atoms with Crippen molar-refractivity contribution in [1.29, 1.82) is 0 Å². The maximum atomic E-state index is 5.66. The molecule has 0 saturated carbocycles. The van der Waals surface area contributed by atoms with Gasteiger partial charge in [-0.05, 0) is 25.4 Å². The summed E-state index contributed by atoms with van der Waals surface area (Å²) in [4.78, 5) is 11.3. The average molecular weight is 255 g/mol. The zero-order valence-corrected chi connectivity index (χ0v) is 10.4. The fourth-order valence-corrected chi connectivity index (χ4v) is 1.54. The molecule has 2 rings (SSSR count). The summed E-state index contributed by atoms with van der Waals surface area (Å²) in [6.45, 7) is 3.70. The summed E-state index contributed by atoms with van der Waals surface area (Å²) < 4.78 is 7.22. The second kappa shape index (κ2) is 4.17. The summed E-state index contributed by atoms with van der Waals surface area (Å²) in [5, 5.41) is 4.20. The third-order valence-electron chi connectivity index (χ3n) is 2.24. The van der Waals surface area contributed by atoms with E-state index < -0.39 is 0 Å². The number of nitrogen functional groups attached to an aromatic ring is 1. The van der Waals surface area contributed by atoms with Crippen molar-refractivity contribution in [2.45, 2.75) is 13.8 Å². The smallest absolute Gasteiger partial charge is 0.328 e. The number of nitrogens with two attached hydrogens (primary N) is 1. The van der Waals surface area contributed by atoms with Crippen molar-refractivity contribution in [3.05, 3.63) is 16.7 Å². The second-order valence-corrected chi connectivity index (χ2v) is 3.81. The summed E-state index contributed by atoms with van der Waals surface area (Å²) >= 11 is 5.66. The van der Waals surface area contributed by atoms with Gasteiger partial charge in [-0.2, -0.15) is 20.1 Å². The molecule has 0 bridgehead atoms. The predicted molar refractivity (Wildman–Crippen MR) is 62.0 cm³/mol. The normalized spacial score (nSPS) is 10.6. The van der Waals surface area contributed by atoms with Crippen molar-refractivity contribution >= 4 is 17.5 Å². The van der Waals surface area contributed by atoms with E-state index >= 15 is 0 Å². The maximum Gasteiger partial charge on any atom is 0.328 e. The van der Waals surface area contributed by atoms with Gasteiger partial charge in [-0.15, -0.1) is 0 Å². The van der Waals surface area contributed by atoms with E-state index in [2.05, 4.69) is 20.1 Å². The lowest BCUT2D eigenvalue weighted by Crippen LogP contribution is -2.01. The van der Waals surface area contributed by atoms with Crippen molar-refractivity contribution in [2.75, 3.05) is 5.73 Å². The molecule has 2 aromatic rings. The van der Waals surface area contributed by atoms with Crippen molar-refractivity contribution < 1.29 is 4.74 Å². The summed E-state index contributed by atoms with van der Waals surface area (Å²) in [6.07, 6.45) is 0. The van der Waals surface area contributed by atoms with Gasteiger partial charge in [0.15, 0.2) is 5.75 Å². The Bertz CT molecular complexity index is 547. The number of hydrogen-bond acceptors (Lipinski definition) is 6. The Balaban J connectivity index is 2.37. The van der Waals surface area contributed by atoms with E-state index in [0.717, 1.165) is 11.4 Å². The number of halogens is 1. The first-order valence-electron chi connectivity index (χ1n) is 4.82. The van der Waals surface area contributed by atoms with Crippen molar-refractivity contribution in [1.82, 2.24) is 24.7 Å². The molecule has 0 amide bonds. The molecule has 0 saturated heterocycles. The third-order valence-corrected chi connectivity index (χ3v) is 2.41. The van der Waals surface area contributed by atoms with Gasteiger partial charge in [0.2, 0.25) is 11.2 Å². The predicted octanol–water partition coefficient (Wildman–Crippen LogP) is 1.25. The lowest BCUT2D eigenvalue weighted by atomic mass is 10.3. The highest BCUT2D eigenvalue weighted by molar-refractivity contribution is 6.28. The Morgan fingerprint density at radius 2 is 1.94 bits per heavy atom. The number of aromatic nitrogens is 5. The highest BCUT2D eigenvalue weighted by Gasteiger charge is 2.14. The molecule has 90 valence electrons. The molecular weight excluding hydrogens is 244 g/mol. The first kappa shape index (κ1) is 11.6. The van der Waals surface area contributed by atoms with E-state index in [1.807, 2.05) is 20.9 Å². The van der Waals surface area contributed by atoms with Crippen LogP contribution < -0.4 is 10.5 Å². The number of nitrogens with zero attached hydrogens (tertiary/aromatic N) is 5. The standard InChI is InChI=1S/C9H11ClN6O/c1-4-6(5(2)16(3)15-4)17-9-13-7(10)12-8(11)14-9/h1-3H3,(H2,11,12,13,14). The second-order valence-electron chi connectivity index (χ2n) is 3.47. The van der Waals surface area contributed by atoms with Crippen LogP contribution in [0, 0.1) is 13.8 Å². The monoisotopic (exact) mass is 254 g/mol. The minimum Gasteiger partial charge on any atom is -0.420 e. The minimum atomic E-state index is -0.00769. The Hall–Kier alpha value is -1.89. The van der Waals surface area contributed by atoms with Crippen LogP contribution in [0.4, 0.5) is 5.95 Å². The van der Waals surface area contributed by atoms with E-state index in [1.54, 1.807) is 4.68 Å². The van der Waals surface area contributed by atoms with Crippen LogP contribution in [0.2, 0.25) is 5.28 Å². The lowest BCUT2D eigenvalue weighted by molar-refractivity contribution is 0.433. The Morgan fingerprint density at radius 1 is 1.24 bits per heavy atom.